The quantitative estimate of drug-likeness (QED) is 0.864. The molecule has 1 aromatic carbocycles. The summed E-state index contributed by atoms with van der Waals surface area (Å²) in [5.74, 6) is 0.951. The van der Waals surface area contributed by atoms with Gasteiger partial charge in [-0.15, -0.1) is 0 Å². The molecule has 1 aromatic rings. The Kier molecular flexibility index (Phi) is 5.67. The summed E-state index contributed by atoms with van der Waals surface area (Å²) < 4.78 is 12.7. The number of rotatable bonds is 6. The van der Waals surface area contributed by atoms with Crippen molar-refractivity contribution in [1.29, 1.82) is 0 Å². The molecule has 0 amide bonds. The minimum atomic E-state index is 0.201. The van der Waals surface area contributed by atoms with Crippen molar-refractivity contribution in [3.05, 3.63) is 28.2 Å². The second kappa shape index (κ2) is 7.27. The summed E-state index contributed by atoms with van der Waals surface area (Å²) in [6, 6.07) is 6.39. The fraction of sp³-hybridized carbons (Fsp3) is 0.600. The standard InChI is InChI=1S/C15H22BrNO2/c1-3-17-15(14-6-5-9-19-14)12-10-11(16)7-8-13(12)18-4-2/h7-8,10,14-15,17H,3-6,9H2,1-2H3. The van der Waals surface area contributed by atoms with Gasteiger partial charge in [-0.3, -0.25) is 0 Å². The second-order valence-corrected chi connectivity index (χ2v) is 5.62. The van der Waals surface area contributed by atoms with E-state index in [1.54, 1.807) is 0 Å². The number of likely N-dealkylation sites (N-methyl/N-ethyl adjacent to an activating group) is 1. The van der Waals surface area contributed by atoms with Gasteiger partial charge in [0.1, 0.15) is 5.75 Å². The number of ether oxygens (including phenoxy) is 2. The van der Waals surface area contributed by atoms with Crippen LogP contribution in [0.1, 0.15) is 38.3 Å². The highest BCUT2D eigenvalue weighted by atomic mass is 79.9. The van der Waals surface area contributed by atoms with Crippen molar-refractivity contribution in [2.45, 2.75) is 38.8 Å². The Morgan fingerprint density at radius 2 is 2.32 bits per heavy atom. The molecule has 1 aliphatic rings. The zero-order chi connectivity index (χ0) is 13.7. The van der Waals surface area contributed by atoms with E-state index in [0.29, 0.717) is 6.61 Å². The third-order valence-corrected chi connectivity index (χ3v) is 3.86. The molecule has 1 aliphatic heterocycles. The second-order valence-electron chi connectivity index (χ2n) is 4.70. The smallest absolute Gasteiger partial charge is 0.124 e. The average Bonchev–Trinajstić information content (AvgIpc) is 2.92. The fourth-order valence-electron chi connectivity index (χ4n) is 2.58. The molecule has 1 N–H and O–H groups in total. The Bertz CT molecular complexity index is 405. The molecule has 0 saturated carbocycles. The summed E-state index contributed by atoms with van der Waals surface area (Å²) in [6.45, 7) is 6.60. The molecule has 2 rings (SSSR count). The summed E-state index contributed by atoms with van der Waals surface area (Å²) in [6.07, 6.45) is 2.49. The maximum atomic E-state index is 5.86. The lowest BCUT2D eigenvalue weighted by Crippen LogP contribution is -2.32. The summed E-state index contributed by atoms with van der Waals surface area (Å²) >= 11 is 3.55. The number of hydrogen-bond acceptors (Lipinski definition) is 3. The van der Waals surface area contributed by atoms with Gasteiger partial charge >= 0.3 is 0 Å². The lowest BCUT2D eigenvalue weighted by atomic mass is 9.98. The predicted octanol–water partition coefficient (Wildman–Crippen LogP) is 3.68. The van der Waals surface area contributed by atoms with E-state index in [9.17, 15) is 0 Å². The van der Waals surface area contributed by atoms with Crippen LogP contribution in [0.5, 0.6) is 5.75 Å². The normalized spacial score (nSPS) is 20.5. The van der Waals surface area contributed by atoms with Gasteiger partial charge < -0.3 is 14.8 Å². The van der Waals surface area contributed by atoms with E-state index < -0.39 is 0 Å². The molecule has 1 saturated heterocycles. The van der Waals surface area contributed by atoms with Crippen molar-refractivity contribution in [3.8, 4) is 5.75 Å². The van der Waals surface area contributed by atoms with E-state index in [1.165, 1.54) is 5.56 Å². The highest BCUT2D eigenvalue weighted by Crippen LogP contribution is 2.34. The maximum Gasteiger partial charge on any atom is 0.124 e. The zero-order valence-electron chi connectivity index (χ0n) is 11.6. The van der Waals surface area contributed by atoms with Crippen LogP contribution < -0.4 is 10.1 Å². The summed E-state index contributed by atoms with van der Waals surface area (Å²) in [5.41, 5.74) is 1.19. The molecule has 0 aromatic heterocycles. The number of halogens is 1. The van der Waals surface area contributed by atoms with Crippen molar-refractivity contribution in [1.82, 2.24) is 5.32 Å². The van der Waals surface area contributed by atoms with Gasteiger partial charge in [0, 0.05) is 16.6 Å². The third-order valence-electron chi connectivity index (χ3n) is 3.37. The Morgan fingerprint density at radius 1 is 1.47 bits per heavy atom. The van der Waals surface area contributed by atoms with Crippen molar-refractivity contribution < 1.29 is 9.47 Å². The van der Waals surface area contributed by atoms with Crippen LogP contribution in [0.4, 0.5) is 0 Å². The third kappa shape index (κ3) is 3.71. The van der Waals surface area contributed by atoms with Gasteiger partial charge in [0.05, 0.1) is 18.8 Å². The minimum Gasteiger partial charge on any atom is -0.494 e. The first-order valence-corrected chi connectivity index (χ1v) is 7.82. The number of hydrogen-bond donors (Lipinski definition) is 1. The maximum absolute atomic E-state index is 5.86. The minimum absolute atomic E-state index is 0.201. The number of nitrogens with one attached hydrogen (secondary N) is 1. The molecule has 2 unspecified atom stereocenters. The fourth-order valence-corrected chi connectivity index (χ4v) is 2.96. The summed E-state index contributed by atoms with van der Waals surface area (Å²) in [7, 11) is 0. The summed E-state index contributed by atoms with van der Waals surface area (Å²) in [4.78, 5) is 0. The monoisotopic (exact) mass is 327 g/mol. The van der Waals surface area contributed by atoms with Crippen LogP contribution in [0, 0.1) is 0 Å². The van der Waals surface area contributed by atoms with Gasteiger partial charge in [-0.25, -0.2) is 0 Å². The Morgan fingerprint density at radius 3 is 2.95 bits per heavy atom. The molecule has 0 aliphatic carbocycles. The Labute approximate surface area is 123 Å². The first-order valence-electron chi connectivity index (χ1n) is 7.03. The molecule has 0 bridgehead atoms. The van der Waals surface area contributed by atoms with Crippen LogP contribution >= 0.6 is 15.9 Å². The molecule has 2 atom stereocenters. The van der Waals surface area contributed by atoms with Crippen molar-refractivity contribution in [2.75, 3.05) is 19.8 Å². The van der Waals surface area contributed by atoms with Crippen LogP contribution in [0.3, 0.4) is 0 Å². The van der Waals surface area contributed by atoms with Crippen molar-refractivity contribution in [2.24, 2.45) is 0 Å². The van der Waals surface area contributed by atoms with Crippen LogP contribution in [-0.4, -0.2) is 25.9 Å². The van der Waals surface area contributed by atoms with Crippen LogP contribution in [0.2, 0.25) is 0 Å². The molecule has 1 heterocycles. The van der Waals surface area contributed by atoms with Gasteiger partial charge in [0.2, 0.25) is 0 Å². The van der Waals surface area contributed by atoms with E-state index in [4.69, 9.17) is 9.47 Å². The molecule has 4 heteroatoms. The zero-order valence-corrected chi connectivity index (χ0v) is 13.2. The SMILES string of the molecule is CCNC(c1cc(Br)ccc1OCC)C1CCCO1. The van der Waals surface area contributed by atoms with E-state index in [-0.39, 0.29) is 12.1 Å². The molecular weight excluding hydrogens is 306 g/mol. The first-order chi connectivity index (χ1) is 9.26. The van der Waals surface area contributed by atoms with E-state index >= 15 is 0 Å². The van der Waals surface area contributed by atoms with Crippen LogP contribution in [0.25, 0.3) is 0 Å². The molecule has 1 fully saturated rings. The Balaban J connectivity index is 2.30. The van der Waals surface area contributed by atoms with Crippen LogP contribution in [-0.2, 0) is 4.74 Å². The highest BCUT2D eigenvalue weighted by Gasteiger charge is 2.28. The molecule has 0 radical (unpaired) electrons. The van der Waals surface area contributed by atoms with E-state index in [0.717, 1.165) is 36.2 Å². The average molecular weight is 328 g/mol. The highest BCUT2D eigenvalue weighted by molar-refractivity contribution is 9.10. The van der Waals surface area contributed by atoms with Crippen molar-refractivity contribution >= 4 is 15.9 Å². The van der Waals surface area contributed by atoms with Crippen LogP contribution in [0.15, 0.2) is 22.7 Å². The largest absolute Gasteiger partial charge is 0.494 e. The predicted molar refractivity (Wildman–Crippen MR) is 80.7 cm³/mol. The molecule has 0 spiro atoms. The molecule has 19 heavy (non-hydrogen) atoms. The van der Waals surface area contributed by atoms with Crippen molar-refractivity contribution in [3.63, 3.8) is 0 Å². The molecular formula is C15H22BrNO2. The van der Waals surface area contributed by atoms with E-state index in [1.807, 2.05) is 19.1 Å². The van der Waals surface area contributed by atoms with Gasteiger partial charge in [0.25, 0.3) is 0 Å². The Hall–Kier alpha value is -0.580. The van der Waals surface area contributed by atoms with E-state index in [2.05, 4.69) is 34.2 Å². The van der Waals surface area contributed by atoms with Gasteiger partial charge in [0.15, 0.2) is 0 Å². The topological polar surface area (TPSA) is 30.5 Å². The van der Waals surface area contributed by atoms with Gasteiger partial charge in [-0.1, -0.05) is 22.9 Å². The lowest BCUT2D eigenvalue weighted by Gasteiger charge is -2.26. The van der Waals surface area contributed by atoms with Gasteiger partial charge in [-0.2, -0.15) is 0 Å². The molecule has 3 nitrogen and oxygen atoms in total. The summed E-state index contributed by atoms with van der Waals surface area (Å²) in [5, 5.41) is 3.54. The lowest BCUT2D eigenvalue weighted by molar-refractivity contribution is 0.0777. The van der Waals surface area contributed by atoms with Gasteiger partial charge in [-0.05, 0) is 44.5 Å². The first kappa shape index (κ1) is 14.8. The number of benzene rings is 1. The molecule has 106 valence electrons.